The van der Waals surface area contributed by atoms with Gasteiger partial charge in [0.1, 0.15) is 0 Å². The van der Waals surface area contributed by atoms with Crippen molar-refractivity contribution in [2.75, 3.05) is 5.73 Å². The molecule has 5 heteroatoms. The van der Waals surface area contributed by atoms with Crippen LogP contribution < -0.4 is 11.2 Å². The van der Waals surface area contributed by atoms with Crippen LogP contribution in [0.15, 0.2) is 12.1 Å². The summed E-state index contributed by atoms with van der Waals surface area (Å²) in [5.41, 5.74) is 7.59. The van der Waals surface area contributed by atoms with Crippen LogP contribution in [0.3, 0.4) is 0 Å². The number of hydrogen-bond donors (Lipinski definition) is 1. The molecule has 98 valence electrons. The topological polar surface area (TPSA) is 44.5 Å². The normalized spacial score (nSPS) is 21.3. The highest BCUT2D eigenvalue weighted by molar-refractivity contribution is 6.63. The van der Waals surface area contributed by atoms with Crippen molar-refractivity contribution in [3.8, 4) is 0 Å². The average molecular weight is 268 g/mol. The Bertz CT molecular complexity index is 472. The Morgan fingerprint density at radius 1 is 1.11 bits per heavy atom. The first-order chi connectivity index (χ1) is 8.14. The maximum absolute atomic E-state index is 6.15. The number of anilines is 1. The summed E-state index contributed by atoms with van der Waals surface area (Å²) in [5, 5.41) is 0.639. The third-order valence-electron chi connectivity index (χ3n) is 3.91. The van der Waals surface area contributed by atoms with Crippen LogP contribution in [0.25, 0.3) is 0 Å². The van der Waals surface area contributed by atoms with Crippen molar-refractivity contribution in [1.29, 1.82) is 0 Å². The van der Waals surface area contributed by atoms with Crippen LogP contribution in [0.2, 0.25) is 5.02 Å². The van der Waals surface area contributed by atoms with Crippen LogP contribution in [0.1, 0.15) is 33.3 Å². The predicted octanol–water partition coefficient (Wildman–Crippen LogP) is 2.53. The zero-order valence-corrected chi connectivity index (χ0v) is 12.3. The fourth-order valence-corrected chi connectivity index (χ4v) is 2.17. The molecule has 0 aromatic heterocycles. The van der Waals surface area contributed by atoms with E-state index in [2.05, 4.69) is 0 Å². The van der Waals surface area contributed by atoms with E-state index < -0.39 is 7.12 Å². The van der Waals surface area contributed by atoms with Crippen molar-refractivity contribution in [1.82, 2.24) is 0 Å². The summed E-state index contributed by atoms with van der Waals surface area (Å²) < 4.78 is 12.0. The summed E-state index contributed by atoms with van der Waals surface area (Å²) in [6, 6.07) is 3.61. The Labute approximate surface area is 114 Å². The minimum atomic E-state index is -0.420. The Balaban J connectivity index is 2.41. The maximum atomic E-state index is 6.15. The molecule has 1 aromatic carbocycles. The molecule has 2 rings (SSSR count). The molecule has 0 radical (unpaired) electrons. The Morgan fingerprint density at radius 3 is 2.11 bits per heavy atom. The fourth-order valence-electron chi connectivity index (χ4n) is 1.94. The third-order valence-corrected chi connectivity index (χ3v) is 4.31. The average Bonchev–Trinajstić information content (AvgIpc) is 2.42. The van der Waals surface area contributed by atoms with Gasteiger partial charge in [-0.3, -0.25) is 0 Å². The van der Waals surface area contributed by atoms with E-state index in [1.807, 2.05) is 40.7 Å². The van der Waals surface area contributed by atoms with Gasteiger partial charge >= 0.3 is 7.12 Å². The molecule has 1 aliphatic heterocycles. The van der Waals surface area contributed by atoms with E-state index in [1.54, 1.807) is 6.07 Å². The molecule has 0 spiro atoms. The zero-order valence-electron chi connectivity index (χ0n) is 11.5. The highest BCUT2D eigenvalue weighted by atomic mass is 35.5. The molecule has 0 amide bonds. The van der Waals surface area contributed by atoms with E-state index in [0.29, 0.717) is 10.7 Å². The summed E-state index contributed by atoms with van der Waals surface area (Å²) in [7, 11) is -0.420. The molecule has 3 nitrogen and oxygen atoms in total. The smallest absolute Gasteiger partial charge is 0.399 e. The fraction of sp³-hybridized carbons (Fsp3) is 0.538. The number of rotatable bonds is 1. The Hall–Kier alpha value is -0.705. The second kappa shape index (κ2) is 4.15. The second-order valence-corrected chi connectivity index (χ2v) is 6.21. The van der Waals surface area contributed by atoms with Crippen molar-refractivity contribution in [2.45, 2.75) is 45.8 Å². The molecule has 1 heterocycles. The van der Waals surface area contributed by atoms with Crippen molar-refractivity contribution in [2.24, 2.45) is 0 Å². The van der Waals surface area contributed by atoms with Crippen LogP contribution in [-0.4, -0.2) is 18.3 Å². The van der Waals surface area contributed by atoms with Gasteiger partial charge in [-0.25, -0.2) is 0 Å². The molecule has 1 aliphatic rings. The highest BCUT2D eigenvalue weighted by Gasteiger charge is 2.52. The molecular formula is C13H19BClNO2. The standard InChI is InChI=1S/C13H19BClNO2/c1-8-10(6-9(16)7-11(8)15)14-17-12(2,3)13(4,5)18-14/h6-7H,16H2,1-5H3. The van der Waals surface area contributed by atoms with Crippen molar-refractivity contribution in [3.63, 3.8) is 0 Å². The summed E-state index contributed by atoms with van der Waals surface area (Å²) in [5.74, 6) is 0. The molecule has 1 fully saturated rings. The van der Waals surface area contributed by atoms with Gasteiger partial charge in [0.2, 0.25) is 0 Å². The van der Waals surface area contributed by atoms with E-state index >= 15 is 0 Å². The van der Waals surface area contributed by atoms with E-state index in [0.717, 1.165) is 11.0 Å². The molecule has 0 aliphatic carbocycles. The van der Waals surface area contributed by atoms with Gasteiger partial charge in [0.15, 0.2) is 0 Å². The first-order valence-electron chi connectivity index (χ1n) is 6.05. The molecule has 1 saturated heterocycles. The van der Waals surface area contributed by atoms with Crippen molar-refractivity contribution >= 4 is 29.9 Å². The van der Waals surface area contributed by atoms with Gasteiger partial charge in [0.25, 0.3) is 0 Å². The van der Waals surface area contributed by atoms with Gasteiger partial charge in [-0.2, -0.15) is 0 Å². The molecule has 0 unspecified atom stereocenters. The number of nitrogen functional groups attached to an aromatic ring is 1. The van der Waals surface area contributed by atoms with Crippen LogP contribution >= 0.6 is 11.6 Å². The van der Waals surface area contributed by atoms with Gasteiger partial charge in [0, 0.05) is 10.7 Å². The molecular weight excluding hydrogens is 248 g/mol. The molecule has 0 bridgehead atoms. The molecule has 1 aromatic rings. The first-order valence-corrected chi connectivity index (χ1v) is 6.43. The summed E-state index contributed by atoms with van der Waals surface area (Å²) in [6.07, 6.45) is 0. The van der Waals surface area contributed by atoms with E-state index in [4.69, 9.17) is 26.6 Å². The van der Waals surface area contributed by atoms with Gasteiger partial charge in [-0.05, 0) is 57.8 Å². The van der Waals surface area contributed by atoms with Gasteiger partial charge in [-0.15, -0.1) is 0 Å². The summed E-state index contributed by atoms with van der Waals surface area (Å²) >= 11 is 6.15. The monoisotopic (exact) mass is 267 g/mol. The van der Waals surface area contributed by atoms with Crippen LogP contribution in [0, 0.1) is 6.92 Å². The SMILES string of the molecule is Cc1c(Cl)cc(N)cc1B1OC(C)(C)C(C)(C)O1. The molecule has 18 heavy (non-hydrogen) atoms. The van der Waals surface area contributed by atoms with Gasteiger partial charge in [0.05, 0.1) is 11.2 Å². The summed E-state index contributed by atoms with van der Waals surface area (Å²) in [4.78, 5) is 0. The Kier molecular flexibility index (Phi) is 3.17. The third kappa shape index (κ3) is 2.13. The van der Waals surface area contributed by atoms with Gasteiger partial charge in [-0.1, -0.05) is 11.6 Å². The van der Waals surface area contributed by atoms with E-state index in [9.17, 15) is 0 Å². The molecule has 0 saturated carbocycles. The number of benzene rings is 1. The van der Waals surface area contributed by atoms with Crippen LogP contribution in [0.5, 0.6) is 0 Å². The number of nitrogens with two attached hydrogens (primary N) is 1. The lowest BCUT2D eigenvalue weighted by molar-refractivity contribution is 0.00578. The molecule has 2 N–H and O–H groups in total. The lowest BCUT2D eigenvalue weighted by Crippen LogP contribution is -2.41. The van der Waals surface area contributed by atoms with Crippen LogP contribution in [0.4, 0.5) is 5.69 Å². The molecule has 0 atom stereocenters. The predicted molar refractivity (Wildman–Crippen MR) is 76.3 cm³/mol. The maximum Gasteiger partial charge on any atom is 0.495 e. The quantitative estimate of drug-likeness (QED) is 0.628. The van der Waals surface area contributed by atoms with Crippen molar-refractivity contribution in [3.05, 3.63) is 22.7 Å². The largest absolute Gasteiger partial charge is 0.495 e. The van der Waals surface area contributed by atoms with Crippen LogP contribution in [-0.2, 0) is 9.31 Å². The number of halogens is 1. The minimum Gasteiger partial charge on any atom is -0.399 e. The van der Waals surface area contributed by atoms with Gasteiger partial charge < -0.3 is 15.0 Å². The zero-order chi connectivity index (χ0) is 13.7. The van der Waals surface area contributed by atoms with Crippen molar-refractivity contribution < 1.29 is 9.31 Å². The summed E-state index contributed by atoms with van der Waals surface area (Å²) in [6.45, 7) is 10.0. The second-order valence-electron chi connectivity index (χ2n) is 5.81. The lowest BCUT2D eigenvalue weighted by Gasteiger charge is -2.32. The minimum absolute atomic E-state index is 0.360. The van der Waals surface area contributed by atoms with E-state index in [1.165, 1.54) is 0 Å². The highest BCUT2D eigenvalue weighted by Crippen LogP contribution is 2.37. The Morgan fingerprint density at radius 2 is 1.61 bits per heavy atom. The van der Waals surface area contributed by atoms with E-state index in [-0.39, 0.29) is 11.2 Å². The first kappa shape index (κ1) is 13.7. The lowest BCUT2D eigenvalue weighted by atomic mass is 9.76. The number of hydrogen-bond acceptors (Lipinski definition) is 3.